The molecule has 0 radical (unpaired) electrons. The highest BCUT2D eigenvalue weighted by Gasteiger charge is 2.24. The molecule has 1 aromatic heterocycles. The summed E-state index contributed by atoms with van der Waals surface area (Å²) < 4.78 is 5.19. The minimum atomic E-state index is -0.547. The molecular weight excluding hydrogens is 264 g/mol. The highest BCUT2D eigenvalue weighted by molar-refractivity contribution is 5.85. The minimum Gasteiger partial charge on any atom is -0.378 e. The molecular formula is C12H16N4O4. The second kappa shape index (κ2) is 6.29. The topological polar surface area (TPSA) is 97.6 Å². The van der Waals surface area contributed by atoms with Crippen LogP contribution in [0, 0.1) is 10.1 Å². The second-order valence-corrected chi connectivity index (χ2v) is 4.45. The number of aromatic nitrogens is 1. The zero-order chi connectivity index (χ0) is 14.5. The average molecular weight is 280 g/mol. The molecule has 1 saturated heterocycles. The number of nitrogens with zero attached hydrogens (tertiary/aromatic N) is 3. The zero-order valence-electron chi connectivity index (χ0n) is 11.1. The number of morpholine rings is 1. The maximum absolute atomic E-state index is 12.2. The Balaban J connectivity index is 2.05. The summed E-state index contributed by atoms with van der Waals surface area (Å²) in [6, 6.07) is 0.940. The third-order valence-corrected chi connectivity index (χ3v) is 3.06. The van der Waals surface area contributed by atoms with Crippen LogP contribution in [0.5, 0.6) is 0 Å². The van der Waals surface area contributed by atoms with Gasteiger partial charge in [0.15, 0.2) is 0 Å². The van der Waals surface area contributed by atoms with Gasteiger partial charge in [0.1, 0.15) is 17.9 Å². The highest BCUT2D eigenvalue weighted by atomic mass is 16.6. The Morgan fingerprint density at radius 1 is 1.55 bits per heavy atom. The minimum absolute atomic E-state index is 0.0978. The second-order valence-electron chi connectivity index (χ2n) is 4.45. The summed E-state index contributed by atoms with van der Waals surface area (Å²) >= 11 is 0. The van der Waals surface area contributed by atoms with Crippen molar-refractivity contribution in [3.63, 3.8) is 0 Å². The number of pyridine rings is 1. The van der Waals surface area contributed by atoms with E-state index in [9.17, 15) is 14.9 Å². The average Bonchev–Trinajstić information content (AvgIpc) is 2.47. The first-order valence-corrected chi connectivity index (χ1v) is 6.31. The van der Waals surface area contributed by atoms with Gasteiger partial charge in [0.05, 0.1) is 18.1 Å². The monoisotopic (exact) mass is 280 g/mol. The van der Waals surface area contributed by atoms with Crippen molar-refractivity contribution in [3.8, 4) is 0 Å². The van der Waals surface area contributed by atoms with E-state index in [1.807, 2.05) is 0 Å². The van der Waals surface area contributed by atoms with Gasteiger partial charge in [0.2, 0.25) is 5.91 Å². The third-order valence-electron chi connectivity index (χ3n) is 3.06. The highest BCUT2D eigenvalue weighted by Crippen LogP contribution is 2.22. The predicted molar refractivity (Wildman–Crippen MR) is 71.4 cm³/mol. The molecule has 1 amide bonds. The molecule has 1 fully saturated rings. The maximum Gasteiger partial charge on any atom is 0.310 e. The molecule has 0 bridgehead atoms. The van der Waals surface area contributed by atoms with Crippen LogP contribution in [0.15, 0.2) is 18.5 Å². The van der Waals surface area contributed by atoms with E-state index < -0.39 is 11.0 Å². The van der Waals surface area contributed by atoms with Crippen molar-refractivity contribution in [1.82, 2.24) is 9.88 Å². The van der Waals surface area contributed by atoms with Gasteiger partial charge in [-0.3, -0.25) is 19.9 Å². The number of hydrogen-bond acceptors (Lipinski definition) is 6. The first kappa shape index (κ1) is 14.2. The largest absolute Gasteiger partial charge is 0.378 e. The number of hydrogen-bond donors (Lipinski definition) is 1. The van der Waals surface area contributed by atoms with Gasteiger partial charge < -0.3 is 15.0 Å². The molecule has 8 nitrogen and oxygen atoms in total. The van der Waals surface area contributed by atoms with E-state index in [0.717, 1.165) is 6.20 Å². The fourth-order valence-electron chi connectivity index (χ4n) is 2.01. The van der Waals surface area contributed by atoms with E-state index in [1.54, 1.807) is 11.8 Å². The molecule has 8 heteroatoms. The zero-order valence-corrected chi connectivity index (χ0v) is 11.1. The summed E-state index contributed by atoms with van der Waals surface area (Å²) in [5.41, 5.74) is 0.147. The molecule has 1 N–H and O–H groups in total. The van der Waals surface area contributed by atoms with Crippen molar-refractivity contribution in [1.29, 1.82) is 0 Å². The van der Waals surface area contributed by atoms with Gasteiger partial charge in [-0.2, -0.15) is 0 Å². The lowest BCUT2D eigenvalue weighted by molar-refractivity contribution is -0.384. The Morgan fingerprint density at radius 3 is 2.90 bits per heavy atom. The van der Waals surface area contributed by atoms with Crippen molar-refractivity contribution in [2.24, 2.45) is 0 Å². The lowest BCUT2D eigenvalue weighted by atomic mass is 10.2. The molecule has 1 aliphatic heterocycles. The van der Waals surface area contributed by atoms with Crippen molar-refractivity contribution in [2.75, 3.05) is 31.6 Å². The Hall–Kier alpha value is -2.22. The molecule has 2 heterocycles. The summed E-state index contributed by atoms with van der Waals surface area (Å²) in [4.78, 5) is 28.0. The van der Waals surface area contributed by atoms with E-state index in [1.165, 1.54) is 12.3 Å². The van der Waals surface area contributed by atoms with Crippen LogP contribution >= 0.6 is 0 Å². The molecule has 0 saturated carbocycles. The SMILES string of the molecule is CC(Nc1ccncc1[N+](=O)[O-])C(=O)N1CCOCC1. The van der Waals surface area contributed by atoms with E-state index >= 15 is 0 Å². The van der Waals surface area contributed by atoms with Crippen LogP contribution in [-0.2, 0) is 9.53 Å². The van der Waals surface area contributed by atoms with E-state index in [2.05, 4.69) is 10.3 Å². The fraction of sp³-hybridized carbons (Fsp3) is 0.500. The van der Waals surface area contributed by atoms with Gasteiger partial charge in [-0.1, -0.05) is 0 Å². The lowest BCUT2D eigenvalue weighted by Gasteiger charge is -2.29. The van der Waals surface area contributed by atoms with Crippen LogP contribution in [0.3, 0.4) is 0 Å². The number of anilines is 1. The summed E-state index contributed by atoms with van der Waals surface area (Å²) in [6.45, 7) is 3.82. The summed E-state index contributed by atoms with van der Waals surface area (Å²) in [6.07, 6.45) is 2.61. The number of nitro groups is 1. The van der Waals surface area contributed by atoms with Crippen LogP contribution in [0.4, 0.5) is 11.4 Å². The number of carbonyl (C=O) groups excluding carboxylic acids is 1. The number of ether oxygens (including phenoxy) is 1. The molecule has 0 aromatic carbocycles. The quantitative estimate of drug-likeness (QED) is 0.642. The van der Waals surface area contributed by atoms with Crippen molar-refractivity contribution in [3.05, 3.63) is 28.6 Å². The van der Waals surface area contributed by atoms with Gasteiger partial charge in [0.25, 0.3) is 0 Å². The standard InChI is InChI=1S/C12H16N4O4/c1-9(12(17)15-4-6-20-7-5-15)14-10-2-3-13-8-11(10)16(18)19/h2-3,8-9H,4-7H2,1H3,(H,13,14). The van der Waals surface area contributed by atoms with Gasteiger partial charge in [-0.05, 0) is 13.0 Å². The lowest BCUT2D eigenvalue weighted by Crippen LogP contribution is -2.47. The molecule has 2 rings (SSSR count). The van der Waals surface area contributed by atoms with E-state index in [4.69, 9.17) is 4.74 Å². The maximum atomic E-state index is 12.2. The fourth-order valence-corrected chi connectivity index (χ4v) is 2.01. The molecule has 1 aromatic rings. The Labute approximate surface area is 115 Å². The van der Waals surface area contributed by atoms with E-state index in [-0.39, 0.29) is 11.6 Å². The van der Waals surface area contributed by atoms with Crippen molar-refractivity contribution < 1.29 is 14.5 Å². The van der Waals surface area contributed by atoms with Crippen LogP contribution < -0.4 is 5.32 Å². The molecule has 1 aliphatic rings. The smallest absolute Gasteiger partial charge is 0.310 e. The van der Waals surface area contributed by atoms with Crippen LogP contribution in [0.2, 0.25) is 0 Å². The Bertz CT molecular complexity index is 502. The van der Waals surface area contributed by atoms with Gasteiger partial charge in [-0.25, -0.2) is 0 Å². The van der Waals surface area contributed by atoms with E-state index in [0.29, 0.717) is 32.0 Å². The number of rotatable bonds is 4. The summed E-state index contributed by atoms with van der Waals surface area (Å²) in [7, 11) is 0. The van der Waals surface area contributed by atoms with Crippen LogP contribution in [0.25, 0.3) is 0 Å². The molecule has 1 unspecified atom stereocenters. The Morgan fingerprint density at radius 2 is 2.25 bits per heavy atom. The van der Waals surface area contributed by atoms with Crippen molar-refractivity contribution in [2.45, 2.75) is 13.0 Å². The number of nitrogens with one attached hydrogen (secondary N) is 1. The molecule has 0 aliphatic carbocycles. The first-order chi connectivity index (χ1) is 9.59. The molecule has 108 valence electrons. The molecule has 1 atom stereocenters. The predicted octanol–water partition coefficient (Wildman–Crippen LogP) is 0.649. The summed E-state index contributed by atoms with van der Waals surface area (Å²) in [5.74, 6) is -0.0978. The van der Waals surface area contributed by atoms with Gasteiger partial charge in [-0.15, -0.1) is 0 Å². The number of carbonyl (C=O) groups is 1. The molecule has 0 spiro atoms. The molecule has 20 heavy (non-hydrogen) atoms. The Kier molecular flexibility index (Phi) is 4.46. The number of amides is 1. The normalized spacial score (nSPS) is 16.6. The summed E-state index contributed by atoms with van der Waals surface area (Å²) in [5, 5.41) is 13.8. The van der Waals surface area contributed by atoms with Crippen LogP contribution in [0.1, 0.15) is 6.92 Å². The third kappa shape index (κ3) is 3.21. The van der Waals surface area contributed by atoms with Crippen molar-refractivity contribution >= 4 is 17.3 Å². The van der Waals surface area contributed by atoms with Gasteiger partial charge >= 0.3 is 5.69 Å². The first-order valence-electron chi connectivity index (χ1n) is 6.31. The van der Waals surface area contributed by atoms with Gasteiger partial charge in [0, 0.05) is 19.3 Å². The van der Waals surface area contributed by atoms with Crippen LogP contribution in [-0.4, -0.2) is 53.1 Å².